The molecule has 0 radical (unpaired) electrons. The van der Waals surface area contributed by atoms with E-state index in [1.165, 1.54) is 10.4 Å². The quantitative estimate of drug-likeness (QED) is 0.904. The Bertz CT molecular complexity index is 658. The van der Waals surface area contributed by atoms with Gasteiger partial charge in [-0.1, -0.05) is 24.3 Å². The van der Waals surface area contributed by atoms with Crippen molar-refractivity contribution in [2.45, 2.75) is 45.3 Å². The highest BCUT2D eigenvalue weighted by Gasteiger charge is 2.24. The van der Waals surface area contributed by atoms with E-state index in [-0.39, 0.29) is 17.9 Å². The zero-order valence-corrected chi connectivity index (χ0v) is 14.1. The summed E-state index contributed by atoms with van der Waals surface area (Å²) in [7, 11) is 0. The van der Waals surface area contributed by atoms with Crippen molar-refractivity contribution < 1.29 is 9.90 Å². The summed E-state index contributed by atoms with van der Waals surface area (Å²) in [5, 5.41) is 12.5. The molecule has 5 heteroatoms. The predicted molar refractivity (Wildman–Crippen MR) is 92.1 cm³/mol. The normalized spacial score (nSPS) is 21.1. The predicted octanol–water partition coefficient (Wildman–Crippen LogP) is 3.29. The van der Waals surface area contributed by atoms with E-state index in [4.69, 9.17) is 0 Å². The molecule has 1 amide bonds. The van der Waals surface area contributed by atoms with Crippen LogP contribution >= 0.6 is 11.3 Å². The van der Waals surface area contributed by atoms with E-state index in [1.807, 2.05) is 12.4 Å². The number of benzene rings is 1. The van der Waals surface area contributed by atoms with Gasteiger partial charge >= 0.3 is 0 Å². The van der Waals surface area contributed by atoms with E-state index in [0.29, 0.717) is 6.54 Å². The highest BCUT2D eigenvalue weighted by atomic mass is 32.1. The number of hydrogen-bond donors (Lipinski definition) is 2. The van der Waals surface area contributed by atoms with Crippen LogP contribution < -0.4 is 5.32 Å². The maximum Gasteiger partial charge on any atom is 0.223 e. The molecule has 2 aromatic rings. The van der Waals surface area contributed by atoms with Gasteiger partial charge in [0.15, 0.2) is 0 Å². The first-order valence-electron chi connectivity index (χ1n) is 8.08. The van der Waals surface area contributed by atoms with E-state index < -0.39 is 0 Å². The number of aliphatic hydroxyl groups is 1. The zero-order chi connectivity index (χ0) is 16.2. The smallest absolute Gasteiger partial charge is 0.223 e. The van der Waals surface area contributed by atoms with Gasteiger partial charge < -0.3 is 10.4 Å². The number of aryl methyl sites for hydroxylation is 1. The third kappa shape index (κ3) is 3.98. The maximum atomic E-state index is 12.2. The molecule has 1 aromatic carbocycles. The van der Waals surface area contributed by atoms with Crippen LogP contribution in [0.5, 0.6) is 0 Å². The molecule has 2 N–H and O–H groups in total. The molecule has 0 spiro atoms. The second-order valence-corrected chi connectivity index (χ2v) is 7.04. The van der Waals surface area contributed by atoms with Gasteiger partial charge in [-0.2, -0.15) is 0 Å². The van der Waals surface area contributed by atoms with Gasteiger partial charge in [-0.3, -0.25) is 4.79 Å². The van der Waals surface area contributed by atoms with Crippen molar-refractivity contribution >= 4 is 17.2 Å². The van der Waals surface area contributed by atoms with Crippen LogP contribution in [0.1, 0.15) is 36.9 Å². The first kappa shape index (κ1) is 16.1. The highest BCUT2D eigenvalue weighted by Crippen LogP contribution is 2.27. The molecule has 1 saturated carbocycles. The second-order valence-electron chi connectivity index (χ2n) is 6.19. The topological polar surface area (TPSA) is 62.2 Å². The Morgan fingerprint density at radius 3 is 2.57 bits per heavy atom. The number of aliphatic hydroxyl groups excluding tert-OH is 1. The summed E-state index contributed by atoms with van der Waals surface area (Å²) in [5.41, 5.74) is 5.18. The van der Waals surface area contributed by atoms with Crippen LogP contribution in [0.3, 0.4) is 0 Å². The molecule has 1 aliphatic carbocycles. The molecule has 0 unspecified atom stereocenters. The number of carbonyl (C=O) groups is 1. The van der Waals surface area contributed by atoms with E-state index in [2.05, 4.69) is 34.6 Å². The number of hydrogen-bond acceptors (Lipinski definition) is 4. The molecule has 3 rings (SSSR count). The zero-order valence-electron chi connectivity index (χ0n) is 13.3. The van der Waals surface area contributed by atoms with Gasteiger partial charge in [0.25, 0.3) is 0 Å². The molecule has 23 heavy (non-hydrogen) atoms. The maximum absolute atomic E-state index is 12.2. The van der Waals surface area contributed by atoms with Crippen molar-refractivity contribution in [2.24, 2.45) is 5.92 Å². The Labute approximate surface area is 140 Å². The molecule has 122 valence electrons. The van der Waals surface area contributed by atoms with E-state index in [1.54, 1.807) is 11.3 Å². The monoisotopic (exact) mass is 330 g/mol. The third-order valence-corrected chi connectivity index (χ3v) is 5.47. The van der Waals surface area contributed by atoms with Crippen molar-refractivity contribution in [1.82, 2.24) is 10.3 Å². The number of carbonyl (C=O) groups excluding carboxylic acids is 1. The fraction of sp³-hybridized carbons (Fsp3) is 0.444. The average molecular weight is 330 g/mol. The SMILES string of the molecule is Cc1ncsc1-c1ccc(CNC(=O)C2CCC(O)CC2)cc1. The Hall–Kier alpha value is -1.72. The minimum atomic E-state index is -0.221. The molecule has 0 bridgehead atoms. The fourth-order valence-electron chi connectivity index (χ4n) is 3.02. The molecule has 1 heterocycles. The highest BCUT2D eigenvalue weighted by molar-refractivity contribution is 7.13. The molecule has 0 atom stereocenters. The lowest BCUT2D eigenvalue weighted by molar-refractivity contribution is -0.126. The van der Waals surface area contributed by atoms with Crippen LogP contribution in [0, 0.1) is 12.8 Å². The van der Waals surface area contributed by atoms with Crippen molar-refractivity contribution in [2.75, 3.05) is 0 Å². The standard InChI is InChI=1S/C18H22N2O2S/c1-12-17(23-11-20-12)14-4-2-13(3-5-14)10-19-18(22)15-6-8-16(21)9-7-15/h2-5,11,15-16,21H,6-10H2,1H3,(H,19,22). The van der Waals surface area contributed by atoms with Gasteiger partial charge in [0, 0.05) is 12.5 Å². The second kappa shape index (κ2) is 7.23. The van der Waals surface area contributed by atoms with Crippen LogP contribution in [-0.4, -0.2) is 22.1 Å². The molecular weight excluding hydrogens is 308 g/mol. The Morgan fingerprint density at radius 2 is 1.96 bits per heavy atom. The molecule has 0 aliphatic heterocycles. The first-order valence-corrected chi connectivity index (χ1v) is 8.96. The molecule has 1 aliphatic rings. The van der Waals surface area contributed by atoms with E-state index in [0.717, 1.165) is 36.9 Å². The average Bonchev–Trinajstić information content (AvgIpc) is 3.00. The summed E-state index contributed by atoms with van der Waals surface area (Å²) in [6.07, 6.45) is 2.83. The van der Waals surface area contributed by atoms with Gasteiger partial charge in [-0.05, 0) is 43.7 Å². The van der Waals surface area contributed by atoms with E-state index in [9.17, 15) is 9.90 Å². The van der Waals surface area contributed by atoms with Crippen LogP contribution in [0.4, 0.5) is 0 Å². The number of aromatic nitrogens is 1. The molecule has 1 fully saturated rings. The lowest BCUT2D eigenvalue weighted by Crippen LogP contribution is -2.33. The van der Waals surface area contributed by atoms with Gasteiger partial charge in [0.2, 0.25) is 5.91 Å². The number of nitrogens with zero attached hydrogens (tertiary/aromatic N) is 1. The van der Waals surface area contributed by atoms with Crippen LogP contribution in [0.25, 0.3) is 10.4 Å². The van der Waals surface area contributed by atoms with Gasteiger partial charge in [-0.25, -0.2) is 4.98 Å². The van der Waals surface area contributed by atoms with Gasteiger partial charge in [0.1, 0.15) is 0 Å². The number of thiazole rings is 1. The molecular formula is C18H22N2O2S. The van der Waals surface area contributed by atoms with Gasteiger partial charge in [-0.15, -0.1) is 11.3 Å². The lowest BCUT2D eigenvalue weighted by Gasteiger charge is -2.24. The van der Waals surface area contributed by atoms with Gasteiger partial charge in [0.05, 0.1) is 22.2 Å². The van der Waals surface area contributed by atoms with Crippen LogP contribution in [0.2, 0.25) is 0 Å². The van der Waals surface area contributed by atoms with Crippen molar-refractivity contribution in [3.05, 3.63) is 41.0 Å². The number of nitrogens with one attached hydrogen (secondary N) is 1. The number of amides is 1. The van der Waals surface area contributed by atoms with E-state index >= 15 is 0 Å². The van der Waals surface area contributed by atoms with Crippen molar-refractivity contribution in [1.29, 1.82) is 0 Å². The van der Waals surface area contributed by atoms with Crippen LogP contribution in [0.15, 0.2) is 29.8 Å². The summed E-state index contributed by atoms with van der Waals surface area (Å²) in [4.78, 5) is 17.6. The minimum absolute atomic E-state index is 0.0533. The van der Waals surface area contributed by atoms with Crippen molar-refractivity contribution in [3.63, 3.8) is 0 Å². The summed E-state index contributed by atoms with van der Waals surface area (Å²) in [6, 6.07) is 8.27. The Morgan fingerprint density at radius 1 is 1.26 bits per heavy atom. The fourth-order valence-corrected chi connectivity index (χ4v) is 3.84. The van der Waals surface area contributed by atoms with Crippen molar-refractivity contribution in [3.8, 4) is 10.4 Å². The molecule has 4 nitrogen and oxygen atoms in total. The minimum Gasteiger partial charge on any atom is -0.393 e. The molecule has 1 aromatic heterocycles. The largest absolute Gasteiger partial charge is 0.393 e. The van der Waals surface area contributed by atoms with Crippen LogP contribution in [-0.2, 0) is 11.3 Å². The Kier molecular flexibility index (Phi) is 5.08. The molecule has 0 saturated heterocycles. The summed E-state index contributed by atoms with van der Waals surface area (Å²) < 4.78 is 0. The summed E-state index contributed by atoms with van der Waals surface area (Å²) in [6.45, 7) is 2.57. The summed E-state index contributed by atoms with van der Waals surface area (Å²) in [5.74, 6) is 0.164. The Balaban J connectivity index is 1.54. The summed E-state index contributed by atoms with van der Waals surface area (Å²) >= 11 is 1.64. The lowest BCUT2D eigenvalue weighted by atomic mass is 9.87. The number of rotatable bonds is 4. The first-order chi connectivity index (χ1) is 11.1. The third-order valence-electron chi connectivity index (χ3n) is 4.50.